The minimum Gasteiger partial charge on any atom is -0.469 e. The molecule has 1 aliphatic heterocycles. The number of rotatable bonds is 5. The van der Waals surface area contributed by atoms with Gasteiger partial charge in [0.2, 0.25) is 0 Å². The first-order valence-corrected chi connectivity index (χ1v) is 7.47. The Labute approximate surface area is 137 Å². The molecule has 0 radical (unpaired) electrons. The van der Waals surface area contributed by atoms with Gasteiger partial charge in [-0.05, 0) is 18.1 Å². The predicted molar refractivity (Wildman–Crippen MR) is 81.7 cm³/mol. The van der Waals surface area contributed by atoms with Crippen LogP contribution in [0.2, 0.25) is 0 Å². The minimum atomic E-state index is -4.99. The molecule has 0 fully saturated rings. The molecule has 0 aromatic heterocycles. The number of methoxy groups -OCH3 is 1. The topological polar surface area (TPSA) is 58.6 Å². The van der Waals surface area contributed by atoms with E-state index in [2.05, 4.69) is 4.74 Å². The molecule has 1 aromatic rings. The van der Waals surface area contributed by atoms with Crippen LogP contribution in [0.5, 0.6) is 0 Å². The Balaban J connectivity index is 2.14. The van der Waals surface area contributed by atoms with E-state index in [9.17, 15) is 22.8 Å². The number of halogens is 3. The zero-order valence-electron chi connectivity index (χ0n) is 13.4. The average molecular weight is 344 g/mol. The van der Waals surface area contributed by atoms with Crippen molar-refractivity contribution in [1.82, 2.24) is 5.32 Å². The number of ether oxygens (including phenoxy) is 1. The monoisotopic (exact) mass is 344 g/mol. The van der Waals surface area contributed by atoms with Crippen molar-refractivity contribution in [3.8, 4) is 0 Å². The maximum absolute atomic E-state index is 12.5. The van der Waals surface area contributed by atoms with Gasteiger partial charge in [0.1, 0.15) is 0 Å². The van der Waals surface area contributed by atoms with Crippen LogP contribution in [0.1, 0.15) is 24.3 Å². The normalized spacial score (nSPS) is 18.0. The molecule has 1 unspecified atom stereocenters. The van der Waals surface area contributed by atoms with Crippen molar-refractivity contribution in [3.63, 3.8) is 0 Å². The zero-order valence-corrected chi connectivity index (χ0v) is 13.4. The van der Waals surface area contributed by atoms with Gasteiger partial charge in [-0.25, -0.2) is 0 Å². The van der Waals surface area contributed by atoms with Gasteiger partial charge in [-0.15, -0.1) is 0 Å². The lowest BCUT2D eigenvalue weighted by atomic mass is 9.92. The summed E-state index contributed by atoms with van der Waals surface area (Å²) in [5.41, 5.74) is 2.00. The number of carbonyl (C=O) groups excluding carboxylic acids is 2. The molecule has 0 saturated heterocycles. The van der Waals surface area contributed by atoms with E-state index in [1.807, 2.05) is 41.5 Å². The Morgan fingerprint density at radius 1 is 1.38 bits per heavy atom. The van der Waals surface area contributed by atoms with Gasteiger partial charge in [0.05, 0.1) is 13.5 Å². The third-order valence-corrected chi connectivity index (χ3v) is 4.08. The van der Waals surface area contributed by atoms with Crippen LogP contribution >= 0.6 is 0 Å². The van der Waals surface area contributed by atoms with Crippen LogP contribution in [0, 0.1) is 0 Å². The summed E-state index contributed by atoms with van der Waals surface area (Å²) in [4.78, 5) is 24.7. The number of nitrogens with one attached hydrogen (secondary N) is 1. The molecule has 24 heavy (non-hydrogen) atoms. The van der Waals surface area contributed by atoms with Crippen LogP contribution in [-0.2, 0) is 14.3 Å². The van der Waals surface area contributed by atoms with Crippen molar-refractivity contribution < 1.29 is 27.5 Å². The Morgan fingerprint density at radius 2 is 2.04 bits per heavy atom. The fraction of sp³-hybridized carbons (Fsp3) is 0.500. The predicted octanol–water partition coefficient (Wildman–Crippen LogP) is 2.22. The van der Waals surface area contributed by atoms with E-state index in [0.29, 0.717) is 6.54 Å². The number of benzene rings is 1. The van der Waals surface area contributed by atoms with E-state index < -0.39 is 24.1 Å². The van der Waals surface area contributed by atoms with Crippen LogP contribution in [0.3, 0.4) is 0 Å². The van der Waals surface area contributed by atoms with Crippen LogP contribution in [-0.4, -0.2) is 44.8 Å². The standard InChI is InChI=1S/C16H19F3N2O3/c1-21-9-10(12-5-3-4-6-13(12)21)7-11(8-14(22)24-2)20-15(23)16(17,18)19/h3-6,10-11H,7-9H2,1-2H3,(H,20,23)/t10?,11-/m1/s1. The fourth-order valence-electron chi connectivity index (χ4n) is 3.00. The van der Waals surface area contributed by atoms with Gasteiger partial charge in [-0.1, -0.05) is 18.2 Å². The highest BCUT2D eigenvalue weighted by atomic mass is 19.4. The van der Waals surface area contributed by atoms with E-state index in [4.69, 9.17) is 0 Å². The fourth-order valence-corrected chi connectivity index (χ4v) is 3.00. The molecule has 8 heteroatoms. The van der Waals surface area contributed by atoms with Gasteiger partial charge in [-0.2, -0.15) is 13.2 Å². The second-order valence-corrected chi connectivity index (χ2v) is 5.82. The number of hydrogen-bond acceptors (Lipinski definition) is 4. The number of nitrogens with zero attached hydrogens (tertiary/aromatic N) is 1. The first kappa shape index (κ1) is 18.1. The summed E-state index contributed by atoms with van der Waals surface area (Å²) in [5, 5.41) is 1.91. The lowest BCUT2D eigenvalue weighted by molar-refractivity contribution is -0.174. The zero-order chi connectivity index (χ0) is 17.9. The Bertz CT molecular complexity index is 619. The van der Waals surface area contributed by atoms with Crippen molar-refractivity contribution in [2.75, 3.05) is 25.6 Å². The highest BCUT2D eigenvalue weighted by Crippen LogP contribution is 2.37. The number of likely N-dealkylation sites (N-methyl/N-ethyl adjacent to an activating group) is 1. The number of alkyl halides is 3. The Hall–Kier alpha value is -2.25. The second-order valence-electron chi connectivity index (χ2n) is 5.82. The van der Waals surface area contributed by atoms with E-state index >= 15 is 0 Å². The highest BCUT2D eigenvalue weighted by Gasteiger charge is 2.40. The number of para-hydroxylation sites is 1. The molecule has 0 aliphatic carbocycles. The summed E-state index contributed by atoms with van der Waals surface area (Å²) in [5.74, 6) is -2.78. The summed E-state index contributed by atoms with van der Waals surface area (Å²) < 4.78 is 42.0. The number of esters is 1. The Morgan fingerprint density at radius 3 is 2.67 bits per heavy atom. The maximum Gasteiger partial charge on any atom is 0.471 e. The van der Waals surface area contributed by atoms with Crippen LogP contribution in [0.25, 0.3) is 0 Å². The molecule has 1 heterocycles. The van der Waals surface area contributed by atoms with Crippen LogP contribution in [0.4, 0.5) is 18.9 Å². The van der Waals surface area contributed by atoms with Gasteiger partial charge < -0.3 is 15.0 Å². The molecule has 5 nitrogen and oxygen atoms in total. The number of carbonyl (C=O) groups is 2. The molecule has 0 saturated carbocycles. The van der Waals surface area contributed by atoms with E-state index in [0.717, 1.165) is 18.4 Å². The quantitative estimate of drug-likeness (QED) is 0.832. The van der Waals surface area contributed by atoms with Crippen molar-refractivity contribution in [3.05, 3.63) is 29.8 Å². The molecule has 2 rings (SSSR count). The van der Waals surface area contributed by atoms with Crippen molar-refractivity contribution in [2.24, 2.45) is 0 Å². The van der Waals surface area contributed by atoms with E-state index in [1.165, 1.54) is 0 Å². The van der Waals surface area contributed by atoms with Crippen molar-refractivity contribution in [1.29, 1.82) is 0 Å². The molecule has 0 bridgehead atoms. The number of amides is 1. The third-order valence-electron chi connectivity index (χ3n) is 4.08. The summed E-state index contributed by atoms with van der Waals surface area (Å²) in [6.07, 6.45) is -5.07. The minimum absolute atomic E-state index is 0.0746. The lowest BCUT2D eigenvalue weighted by Gasteiger charge is -2.22. The molecular weight excluding hydrogens is 325 g/mol. The molecule has 2 atom stereocenters. The molecule has 0 spiro atoms. The van der Waals surface area contributed by atoms with Gasteiger partial charge >= 0.3 is 18.1 Å². The van der Waals surface area contributed by atoms with Gasteiger partial charge in [-0.3, -0.25) is 9.59 Å². The van der Waals surface area contributed by atoms with Gasteiger partial charge in [0, 0.05) is 31.2 Å². The summed E-state index contributed by atoms with van der Waals surface area (Å²) in [7, 11) is 3.05. The van der Waals surface area contributed by atoms with Crippen molar-refractivity contribution in [2.45, 2.75) is 31.0 Å². The average Bonchev–Trinajstić information content (AvgIpc) is 2.83. The van der Waals surface area contributed by atoms with E-state index in [-0.39, 0.29) is 18.8 Å². The number of anilines is 1. The van der Waals surface area contributed by atoms with Gasteiger partial charge in [0.25, 0.3) is 0 Å². The summed E-state index contributed by atoms with van der Waals surface area (Å²) >= 11 is 0. The van der Waals surface area contributed by atoms with Crippen molar-refractivity contribution >= 4 is 17.6 Å². The highest BCUT2D eigenvalue weighted by molar-refractivity contribution is 5.82. The van der Waals surface area contributed by atoms with Crippen LogP contribution in [0.15, 0.2) is 24.3 Å². The first-order chi connectivity index (χ1) is 11.2. The smallest absolute Gasteiger partial charge is 0.469 e. The SMILES string of the molecule is COC(=O)C[C@@H](CC1CN(C)c2ccccc21)NC(=O)C(F)(F)F. The summed E-state index contributed by atoms with van der Waals surface area (Å²) in [6.45, 7) is 0.610. The lowest BCUT2D eigenvalue weighted by Crippen LogP contribution is -2.45. The molecular formula is C16H19F3N2O3. The van der Waals surface area contributed by atoms with Crippen LogP contribution < -0.4 is 10.2 Å². The van der Waals surface area contributed by atoms with E-state index in [1.54, 1.807) is 0 Å². The molecule has 1 N–H and O–H groups in total. The number of hydrogen-bond donors (Lipinski definition) is 1. The molecule has 132 valence electrons. The largest absolute Gasteiger partial charge is 0.471 e. The number of fused-ring (bicyclic) bond motifs is 1. The first-order valence-electron chi connectivity index (χ1n) is 7.47. The molecule has 1 aromatic carbocycles. The Kier molecular flexibility index (Phi) is 5.36. The molecule has 1 amide bonds. The third kappa shape index (κ3) is 4.18. The van der Waals surface area contributed by atoms with Gasteiger partial charge in [0.15, 0.2) is 0 Å². The molecule has 1 aliphatic rings. The maximum atomic E-state index is 12.5. The second kappa shape index (κ2) is 7.11. The summed E-state index contributed by atoms with van der Waals surface area (Å²) in [6, 6.07) is 6.63.